The Kier molecular flexibility index (Phi) is 3.87. The molecule has 0 radical (unpaired) electrons. The molecule has 2 aliphatic rings. The smallest absolute Gasteiger partial charge is 0.244 e. The summed E-state index contributed by atoms with van der Waals surface area (Å²) in [6.07, 6.45) is 1.59. The van der Waals surface area contributed by atoms with Crippen molar-refractivity contribution in [3.63, 3.8) is 0 Å². The summed E-state index contributed by atoms with van der Waals surface area (Å²) in [5, 5.41) is 12.5. The van der Waals surface area contributed by atoms with Gasteiger partial charge in [-0.25, -0.2) is 0 Å². The van der Waals surface area contributed by atoms with E-state index in [-0.39, 0.29) is 23.9 Å². The predicted molar refractivity (Wildman–Crippen MR) is 65.8 cm³/mol. The number of aliphatic hydroxyl groups excluding tert-OH is 1. The van der Waals surface area contributed by atoms with E-state index in [0.29, 0.717) is 19.5 Å². The van der Waals surface area contributed by atoms with Crippen molar-refractivity contribution in [1.82, 2.24) is 15.1 Å². The molecule has 18 heavy (non-hydrogen) atoms. The van der Waals surface area contributed by atoms with E-state index in [9.17, 15) is 14.7 Å². The molecule has 0 spiro atoms. The molecule has 2 fully saturated rings. The van der Waals surface area contributed by atoms with Gasteiger partial charge in [0.05, 0.1) is 12.1 Å². The first-order valence-electron chi connectivity index (χ1n) is 6.44. The number of nitrogens with one attached hydrogen (secondary N) is 1. The standard InChI is InChI=1S/C12H21N3O3/c1-14(2)12(18)10-4-3-5-15(10)11(17)9-6-8(16)7-13-9/h8-10,13,16H,3-7H2,1-2H3/t8?,9-,10-/m0/s1. The summed E-state index contributed by atoms with van der Waals surface area (Å²) < 4.78 is 0. The summed E-state index contributed by atoms with van der Waals surface area (Å²) in [6, 6.07) is -0.664. The molecule has 1 unspecified atom stereocenters. The van der Waals surface area contributed by atoms with Gasteiger partial charge in [-0.05, 0) is 19.3 Å². The van der Waals surface area contributed by atoms with Gasteiger partial charge < -0.3 is 20.2 Å². The number of hydrogen-bond acceptors (Lipinski definition) is 4. The van der Waals surface area contributed by atoms with E-state index in [0.717, 1.165) is 12.8 Å². The molecule has 2 saturated heterocycles. The first kappa shape index (κ1) is 13.3. The summed E-state index contributed by atoms with van der Waals surface area (Å²) in [5.41, 5.74) is 0. The van der Waals surface area contributed by atoms with Gasteiger partial charge in [-0.2, -0.15) is 0 Å². The Labute approximate surface area is 107 Å². The fourth-order valence-electron chi connectivity index (χ4n) is 2.69. The molecule has 0 saturated carbocycles. The van der Waals surface area contributed by atoms with Crippen molar-refractivity contribution in [3.05, 3.63) is 0 Å². The molecule has 2 rings (SSSR count). The van der Waals surface area contributed by atoms with E-state index in [1.165, 1.54) is 4.90 Å². The normalized spacial score (nSPS) is 31.7. The largest absolute Gasteiger partial charge is 0.392 e. The van der Waals surface area contributed by atoms with Gasteiger partial charge >= 0.3 is 0 Å². The highest BCUT2D eigenvalue weighted by atomic mass is 16.3. The Morgan fingerprint density at radius 3 is 2.67 bits per heavy atom. The Morgan fingerprint density at radius 1 is 1.39 bits per heavy atom. The number of amides is 2. The number of carbonyl (C=O) groups is 2. The molecule has 2 N–H and O–H groups in total. The second-order valence-corrected chi connectivity index (χ2v) is 5.27. The lowest BCUT2D eigenvalue weighted by Gasteiger charge is -2.28. The molecule has 0 aliphatic carbocycles. The number of rotatable bonds is 2. The van der Waals surface area contributed by atoms with Crippen LogP contribution in [0.15, 0.2) is 0 Å². The summed E-state index contributed by atoms with van der Waals surface area (Å²) >= 11 is 0. The zero-order chi connectivity index (χ0) is 13.3. The van der Waals surface area contributed by atoms with Crippen LogP contribution in [0.1, 0.15) is 19.3 Å². The minimum Gasteiger partial charge on any atom is -0.392 e. The van der Waals surface area contributed by atoms with Gasteiger partial charge in [0.2, 0.25) is 11.8 Å². The molecule has 6 nitrogen and oxygen atoms in total. The third kappa shape index (κ3) is 2.49. The van der Waals surface area contributed by atoms with E-state index < -0.39 is 6.10 Å². The van der Waals surface area contributed by atoms with Crippen molar-refractivity contribution < 1.29 is 14.7 Å². The minimum atomic E-state index is -0.454. The quantitative estimate of drug-likeness (QED) is 0.649. The van der Waals surface area contributed by atoms with Gasteiger partial charge in [0.1, 0.15) is 6.04 Å². The second-order valence-electron chi connectivity index (χ2n) is 5.27. The van der Waals surface area contributed by atoms with Gasteiger partial charge in [-0.3, -0.25) is 9.59 Å². The second kappa shape index (κ2) is 5.24. The molecule has 3 atom stereocenters. The molecule has 2 aliphatic heterocycles. The molecule has 6 heteroatoms. The highest BCUT2D eigenvalue weighted by Crippen LogP contribution is 2.21. The summed E-state index contributed by atoms with van der Waals surface area (Å²) in [7, 11) is 3.42. The van der Waals surface area contributed by atoms with Crippen LogP contribution in [0.25, 0.3) is 0 Å². The van der Waals surface area contributed by atoms with Crippen molar-refractivity contribution in [2.24, 2.45) is 0 Å². The van der Waals surface area contributed by atoms with Gasteiger partial charge in [0.25, 0.3) is 0 Å². The number of likely N-dealkylation sites (N-methyl/N-ethyl adjacent to an activating group) is 1. The number of likely N-dealkylation sites (tertiary alicyclic amines) is 1. The van der Waals surface area contributed by atoms with E-state index in [2.05, 4.69) is 5.32 Å². The van der Waals surface area contributed by atoms with Gasteiger partial charge in [0, 0.05) is 27.2 Å². The van der Waals surface area contributed by atoms with E-state index in [1.54, 1.807) is 19.0 Å². The summed E-state index contributed by atoms with van der Waals surface area (Å²) in [6.45, 7) is 1.09. The fourth-order valence-corrected chi connectivity index (χ4v) is 2.69. The highest BCUT2D eigenvalue weighted by molar-refractivity contribution is 5.90. The Hall–Kier alpha value is -1.14. The molecule has 0 aromatic carbocycles. The van der Waals surface area contributed by atoms with Crippen LogP contribution in [0.5, 0.6) is 0 Å². The van der Waals surface area contributed by atoms with Crippen molar-refractivity contribution in [2.75, 3.05) is 27.2 Å². The molecule has 0 aromatic rings. The van der Waals surface area contributed by atoms with Gasteiger partial charge in [-0.1, -0.05) is 0 Å². The van der Waals surface area contributed by atoms with Crippen LogP contribution in [-0.4, -0.2) is 72.1 Å². The van der Waals surface area contributed by atoms with Crippen molar-refractivity contribution in [1.29, 1.82) is 0 Å². The van der Waals surface area contributed by atoms with Crippen LogP contribution < -0.4 is 5.32 Å². The fraction of sp³-hybridized carbons (Fsp3) is 0.833. The number of hydrogen-bond donors (Lipinski definition) is 2. The zero-order valence-electron chi connectivity index (χ0n) is 10.9. The average molecular weight is 255 g/mol. The van der Waals surface area contributed by atoms with E-state index >= 15 is 0 Å². The minimum absolute atomic E-state index is 0.0144. The Balaban J connectivity index is 2.03. The molecular weight excluding hydrogens is 234 g/mol. The Bertz CT molecular complexity index is 345. The van der Waals surface area contributed by atoms with Crippen LogP contribution in [-0.2, 0) is 9.59 Å². The van der Waals surface area contributed by atoms with Crippen molar-refractivity contribution in [2.45, 2.75) is 37.5 Å². The number of nitrogens with zero attached hydrogens (tertiary/aromatic N) is 2. The third-order valence-electron chi connectivity index (χ3n) is 3.67. The lowest BCUT2D eigenvalue weighted by Crippen LogP contribution is -2.50. The number of aliphatic hydroxyl groups is 1. The van der Waals surface area contributed by atoms with Crippen LogP contribution >= 0.6 is 0 Å². The molecule has 2 amide bonds. The predicted octanol–water partition coefficient (Wildman–Crippen LogP) is -1.21. The lowest BCUT2D eigenvalue weighted by molar-refractivity contribution is -0.143. The van der Waals surface area contributed by atoms with E-state index in [4.69, 9.17) is 0 Å². The highest BCUT2D eigenvalue weighted by Gasteiger charge is 2.39. The monoisotopic (exact) mass is 255 g/mol. The molecule has 2 heterocycles. The van der Waals surface area contributed by atoms with Gasteiger partial charge in [0.15, 0.2) is 0 Å². The molecular formula is C12H21N3O3. The van der Waals surface area contributed by atoms with Crippen LogP contribution in [0, 0.1) is 0 Å². The maximum atomic E-state index is 12.3. The van der Waals surface area contributed by atoms with Crippen LogP contribution in [0.3, 0.4) is 0 Å². The molecule has 0 aromatic heterocycles. The van der Waals surface area contributed by atoms with Gasteiger partial charge in [-0.15, -0.1) is 0 Å². The first-order valence-corrected chi connectivity index (χ1v) is 6.44. The number of β-amino-alcohol motifs (C(OH)–C–C–N with tert-alkyl or cyclic N) is 1. The topological polar surface area (TPSA) is 72.9 Å². The summed E-state index contributed by atoms with van der Waals surface area (Å²) in [4.78, 5) is 27.5. The zero-order valence-corrected chi connectivity index (χ0v) is 10.9. The maximum absolute atomic E-state index is 12.3. The number of carbonyl (C=O) groups excluding carboxylic acids is 2. The van der Waals surface area contributed by atoms with Crippen LogP contribution in [0.2, 0.25) is 0 Å². The van der Waals surface area contributed by atoms with Crippen molar-refractivity contribution >= 4 is 11.8 Å². The first-order chi connectivity index (χ1) is 8.50. The summed E-state index contributed by atoms with van der Waals surface area (Å²) in [5.74, 6) is -0.0661. The molecule has 102 valence electrons. The maximum Gasteiger partial charge on any atom is 0.244 e. The lowest BCUT2D eigenvalue weighted by atomic mass is 10.1. The van der Waals surface area contributed by atoms with Crippen molar-refractivity contribution in [3.8, 4) is 0 Å². The third-order valence-corrected chi connectivity index (χ3v) is 3.67. The average Bonchev–Trinajstić information content (AvgIpc) is 2.95. The van der Waals surface area contributed by atoms with Crippen LogP contribution in [0.4, 0.5) is 0 Å². The van der Waals surface area contributed by atoms with E-state index in [1.807, 2.05) is 0 Å². The SMILES string of the molecule is CN(C)C(=O)[C@@H]1CCCN1C(=O)[C@@H]1CC(O)CN1. The Morgan fingerprint density at radius 2 is 2.11 bits per heavy atom. The molecule has 0 bridgehead atoms.